The molecule has 2 fully saturated rings. The van der Waals surface area contributed by atoms with Gasteiger partial charge in [0.25, 0.3) is 0 Å². The molecule has 150 valence electrons. The van der Waals surface area contributed by atoms with Gasteiger partial charge in [-0.25, -0.2) is 13.4 Å². The number of rotatable bonds is 5. The van der Waals surface area contributed by atoms with Gasteiger partial charge >= 0.3 is 0 Å². The zero-order valence-electron chi connectivity index (χ0n) is 15.8. The third-order valence-electron chi connectivity index (χ3n) is 5.44. The lowest BCUT2D eigenvalue weighted by Crippen LogP contribution is -2.46. The van der Waals surface area contributed by atoms with Crippen molar-refractivity contribution in [2.75, 3.05) is 44.2 Å². The molecule has 2 aliphatic rings. The minimum absolute atomic E-state index is 0.291. The Morgan fingerprint density at radius 3 is 2.18 bits per heavy atom. The minimum atomic E-state index is -3.40. The fraction of sp³-hybridized carbons (Fsp3) is 0.450. The van der Waals surface area contributed by atoms with Crippen molar-refractivity contribution < 1.29 is 8.42 Å². The van der Waals surface area contributed by atoms with E-state index in [4.69, 9.17) is 11.6 Å². The predicted molar refractivity (Wildman–Crippen MR) is 111 cm³/mol. The van der Waals surface area contributed by atoms with Crippen LogP contribution in [0.25, 0.3) is 0 Å². The SMILES string of the molecule is O=S(=O)(c1ccc(N2CCN(Cc3ccc(Cl)cc3)CC2)nc1)N1CCCC1. The average Bonchev–Trinajstić information content (AvgIpc) is 3.26. The number of pyridine rings is 1. The Morgan fingerprint density at radius 2 is 1.57 bits per heavy atom. The van der Waals surface area contributed by atoms with Crippen LogP contribution in [0.4, 0.5) is 5.82 Å². The fourth-order valence-electron chi connectivity index (χ4n) is 3.77. The summed E-state index contributed by atoms with van der Waals surface area (Å²) in [6.45, 7) is 5.76. The Kier molecular flexibility index (Phi) is 5.87. The number of anilines is 1. The molecule has 1 aromatic carbocycles. The van der Waals surface area contributed by atoms with E-state index in [-0.39, 0.29) is 0 Å². The van der Waals surface area contributed by atoms with Crippen LogP contribution in [-0.4, -0.2) is 61.9 Å². The Labute approximate surface area is 171 Å². The zero-order chi connectivity index (χ0) is 19.6. The smallest absolute Gasteiger partial charge is 0.244 e. The fourth-order valence-corrected chi connectivity index (χ4v) is 5.36. The van der Waals surface area contributed by atoms with Gasteiger partial charge in [0.1, 0.15) is 10.7 Å². The minimum Gasteiger partial charge on any atom is -0.354 e. The lowest BCUT2D eigenvalue weighted by atomic mass is 10.2. The summed E-state index contributed by atoms with van der Waals surface area (Å²) in [6, 6.07) is 11.5. The van der Waals surface area contributed by atoms with E-state index in [1.807, 2.05) is 18.2 Å². The van der Waals surface area contributed by atoms with Crippen molar-refractivity contribution in [2.24, 2.45) is 0 Å². The van der Waals surface area contributed by atoms with Gasteiger partial charge in [-0.05, 0) is 42.7 Å². The summed E-state index contributed by atoms with van der Waals surface area (Å²) in [7, 11) is -3.40. The summed E-state index contributed by atoms with van der Waals surface area (Å²) in [5.74, 6) is 0.839. The van der Waals surface area contributed by atoms with E-state index in [9.17, 15) is 8.42 Å². The molecule has 0 amide bonds. The van der Waals surface area contributed by atoms with Gasteiger partial charge in [-0.15, -0.1) is 0 Å². The highest BCUT2D eigenvalue weighted by molar-refractivity contribution is 7.89. The third-order valence-corrected chi connectivity index (χ3v) is 7.57. The number of hydrogen-bond acceptors (Lipinski definition) is 5. The Morgan fingerprint density at radius 1 is 0.893 bits per heavy atom. The van der Waals surface area contributed by atoms with Gasteiger partial charge < -0.3 is 4.90 Å². The summed E-state index contributed by atoms with van der Waals surface area (Å²) < 4.78 is 26.8. The standard InChI is InChI=1S/C20H25ClN4O2S/c21-18-5-3-17(4-6-18)16-23-11-13-24(14-12-23)20-8-7-19(15-22-20)28(26,27)25-9-1-2-10-25/h3-8,15H,1-2,9-14,16H2. The van der Waals surface area contributed by atoms with Crippen molar-refractivity contribution >= 4 is 27.4 Å². The van der Waals surface area contributed by atoms with E-state index in [0.717, 1.165) is 56.4 Å². The number of aromatic nitrogens is 1. The second-order valence-electron chi connectivity index (χ2n) is 7.35. The molecule has 0 spiro atoms. The normalized spacial score (nSPS) is 19.2. The molecule has 0 bridgehead atoms. The first-order valence-corrected chi connectivity index (χ1v) is 11.5. The van der Waals surface area contributed by atoms with Gasteiger partial charge in [-0.2, -0.15) is 4.31 Å². The van der Waals surface area contributed by atoms with Crippen LogP contribution in [-0.2, 0) is 16.6 Å². The second kappa shape index (κ2) is 8.37. The molecular weight excluding hydrogens is 396 g/mol. The third kappa shape index (κ3) is 4.33. The Bertz CT molecular complexity index is 889. The summed E-state index contributed by atoms with van der Waals surface area (Å²) in [6.07, 6.45) is 3.37. The van der Waals surface area contributed by atoms with Crippen LogP contribution in [0, 0.1) is 0 Å². The van der Waals surface area contributed by atoms with Gasteiger partial charge in [0, 0.05) is 57.0 Å². The number of nitrogens with zero attached hydrogens (tertiary/aromatic N) is 4. The van der Waals surface area contributed by atoms with Crippen molar-refractivity contribution in [3.05, 3.63) is 53.2 Å². The largest absolute Gasteiger partial charge is 0.354 e. The average molecular weight is 421 g/mol. The molecule has 28 heavy (non-hydrogen) atoms. The first-order valence-electron chi connectivity index (χ1n) is 9.70. The highest BCUT2D eigenvalue weighted by Crippen LogP contribution is 2.22. The number of halogens is 1. The van der Waals surface area contributed by atoms with E-state index in [1.54, 1.807) is 10.4 Å². The summed E-state index contributed by atoms with van der Waals surface area (Å²) in [5.41, 5.74) is 1.26. The molecule has 0 saturated carbocycles. The molecule has 0 atom stereocenters. The van der Waals surface area contributed by atoms with Crippen LogP contribution in [0.1, 0.15) is 18.4 Å². The monoisotopic (exact) mass is 420 g/mol. The van der Waals surface area contributed by atoms with E-state index in [1.165, 1.54) is 11.8 Å². The molecule has 0 unspecified atom stereocenters. The molecule has 0 radical (unpaired) electrons. The van der Waals surface area contributed by atoms with Gasteiger partial charge in [-0.1, -0.05) is 23.7 Å². The highest BCUT2D eigenvalue weighted by atomic mass is 35.5. The molecule has 8 heteroatoms. The van der Waals surface area contributed by atoms with E-state index < -0.39 is 10.0 Å². The van der Waals surface area contributed by atoms with Gasteiger partial charge in [-0.3, -0.25) is 4.90 Å². The number of hydrogen-bond donors (Lipinski definition) is 0. The molecule has 6 nitrogen and oxygen atoms in total. The van der Waals surface area contributed by atoms with Crippen LogP contribution in [0.15, 0.2) is 47.5 Å². The van der Waals surface area contributed by atoms with Crippen LogP contribution < -0.4 is 4.90 Å². The molecular formula is C20H25ClN4O2S. The summed E-state index contributed by atoms with van der Waals surface area (Å²) in [4.78, 5) is 9.36. The van der Waals surface area contributed by atoms with E-state index >= 15 is 0 Å². The van der Waals surface area contributed by atoms with Gasteiger partial charge in [0.15, 0.2) is 0 Å². The maximum Gasteiger partial charge on any atom is 0.244 e. The first kappa shape index (κ1) is 19.6. The van der Waals surface area contributed by atoms with Crippen LogP contribution in [0.5, 0.6) is 0 Å². The molecule has 0 aliphatic carbocycles. The first-order chi connectivity index (χ1) is 13.5. The van der Waals surface area contributed by atoms with Crippen LogP contribution in [0.3, 0.4) is 0 Å². The molecule has 3 heterocycles. The van der Waals surface area contributed by atoms with E-state index in [2.05, 4.69) is 26.9 Å². The van der Waals surface area contributed by atoms with Crippen LogP contribution in [0.2, 0.25) is 5.02 Å². The molecule has 2 aromatic rings. The van der Waals surface area contributed by atoms with Crippen molar-refractivity contribution in [2.45, 2.75) is 24.3 Å². The summed E-state index contributed by atoms with van der Waals surface area (Å²) >= 11 is 5.95. The molecule has 0 N–H and O–H groups in total. The number of benzene rings is 1. The van der Waals surface area contributed by atoms with Gasteiger partial charge in [0.2, 0.25) is 10.0 Å². The van der Waals surface area contributed by atoms with Crippen molar-refractivity contribution in [3.8, 4) is 0 Å². The molecule has 4 rings (SSSR count). The quantitative estimate of drug-likeness (QED) is 0.744. The van der Waals surface area contributed by atoms with Crippen molar-refractivity contribution in [3.63, 3.8) is 0 Å². The molecule has 2 saturated heterocycles. The van der Waals surface area contributed by atoms with Crippen molar-refractivity contribution in [1.29, 1.82) is 0 Å². The maximum atomic E-state index is 12.6. The summed E-state index contributed by atoms with van der Waals surface area (Å²) in [5, 5.41) is 0.759. The van der Waals surface area contributed by atoms with Crippen molar-refractivity contribution in [1.82, 2.24) is 14.2 Å². The lowest BCUT2D eigenvalue weighted by Gasteiger charge is -2.35. The van der Waals surface area contributed by atoms with E-state index in [0.29, 0.717) is 18.0 Å². The van der Waals surface area contributed by atoms with Crippen LogP contribution >= 0.6 is 11.6 Å². The molecule has 1 aromatic heterocycles. The lowest BCUT2D eigenvalue weighted by molar-refractivity contribution is 0.249. The zero-order valence-corrected chi connectivity index (χ0v) is 17.4. The molecule has 2 aliphatic heterocycles. The highest BCUT2D eigenvalue weighted by Gasteiger charge is 2.27. The second-order valence-corrected chi connectivity index (χ2v) is 9.73. The maximum absolute atomic E-state index is 12.6. The Hall–Kier alpha value is -1.67. The predicted octanol–water partition coefficient (Wildman–Crippen LogP) is 2.84. The number of piperazine rings is 1. The van der Waals surface area contributed by atoms with Gasteiger partial charge in [0.05, 0.1) is 0 Å². The number of sulfonamides is 1. The topological polar surface area (TPSA) is 56.8 Å². The Balaban J connectivity index is 1.35.